The summed E-state index contributed by atoms with van der Waals surface area (Å²) in [6.07, 6.45) is -0.0367. The number of H-pyrrole nitrogens is 3. The Labute approximate surface area is 316 Å². The quantitative estimate of drug-likeness (QED) is 0.0557. The van der Waals surface area contributed by atoms with Crippen molar-refractivity contribution in [1.82, 2.24) is 15.0 Å². The highest BCUT2D eigenvalue weighted by molar-refractivity contribution is 6.49. The summed E-state index contributed by atoms with van der Waals surface area (Å²) in [5, 5.41) is 0. The molecule has 0 atom stereocenters. The van der Waals surface area contributed by atoms with Gasteiger partial charge in [-0.25, -0.2) is 4.79 Å². The van der Waals surface area contributed by atoms with Gasteiger partial charge >= 0.3 is 5.97 Å². The van der Waals surface area contributed by atoms with Crippen LogP contribution >= 0.6 is 0 Å². The van der Waals surface area contributed by atoms with Crippen molar-refractivity contribution in [1.29, 1.82) is 0 Å². The summed E-state index contributed by atoms with van der Waals surface area (Å²) in [4.78, 5) is 102. The summed E-state index contributed by atoms with van der Waals surface area (Å²) >= 11 is 0. The first-order valence-corrected chi connectivity index (χ1v) is 17.5. The molecule has 276 valence electrons. The van der Waals surface area contributed by atoms with Crippen molar-refractivity contribution < 1.29 is 38.3 Å². The predicted molar refractivity (Wildman–Crippen MR) is 203 cm³/mol. The molecule has 3 aromatic heterocycles. The molecule has 3 aromatic carbocycles. The van der Waals surface area contributed by atoms with E-state index in [4.69, 9.17) is 4.74 Å². The van der Waals surface area contributed by atoms with Gasteiger partial charge in [0.1, 0.15) is 12.3 Å². The van der Waals surface area contributed by atoms with E-state index in [2.05, 4.69) is 15.0 Å². The van der Waals surface area contributed by atoms with Gasteiger partial charge in [0, 0.05) is 52.2 Å². The summed E-state index contributed by atoms with van der Waals surface area (Å²) in [7, 11) is 0. The fourth-order valence-corrected chi connectivity index (χ4v) is 6.79. The van der Waals surface area contributed by atoms with E-state index in [1.54, 1.807) is 56.3 Å². The lowest BCUT2D eigenvalue weighted by atomic mass is 9.97. The normalized spacial score (nSPS) is 10.9. The Morgan fingerprint density at radius 1 is 0.527 bits per heavy atom. The molecular formula is C44H37N3O8. The van der Waals surface area contributed by atoms with Crippen LogP contribution in [0.3, 0.4) is 0 Å². The third-order valence-corrected chi connectivity index (χ3v) is 9.44. The molecule has 0 bridgehead atoms. The van der Waals surface area contributed by atoms with Gasteiger partial charge < -0.3 is 19.7 Å². The molecule has 3 heterocycles. The van der Waals surface area contributed by atoms with Gasteiger partial charge in [-0.3, -0.25) is 28.8 Å². The molecule has 0 aliphatic carbocycles. The van der Waals surface area contributed by atoms with Crippen LogP contribution in [0.15, 0.2) is 97.1 Å². The first-order valence-electron chi connectivity index (χ1n) is 17.5. The Balaban J connectivity index is 1.40. The number of rotatable bonds is 15. The van der Waals surface area contributed by atoms with Gasteiger partial charge in [0.2, 0.25) is 23.1 Å². The Morgan fingerprint density at radius 2 is 0.964 bits per heavy atom. The van der Waals surface area contributed by atoms with E-state index in [0.717, 1.165) is 5.56 Å². The summed E-state index contributed by atoms with van der Waals surface area (Å²) in [6, 6.07) is 26.8. The molecule has 0 unspecified atom stereocenters. The first-order chi connectivity index (χ1) is 26.3. The Kier molecular flexibility index (Phi) is 10.9. The second-order valence-corrected chi connectivity index (χ2v) is 13.2. The molecule has 55 heavy (non-hydrogen) atoms. The molecule has 11 heteroatoms. The van der Waals surface area contributed by atoms with Crippen LogP contribution in [0.25, 0.3) is 0 Å². The second-order valence-electron chi connectivity index (χ2n) is 13.2. The topological polar surface area (TPSA) is 176 Å². The van der Waals surface area contributed by atoms with Gasteiger partial charge in [-0.1, -0.05) is 91.0 Å². The smallest absolute Gasteiger partial charge is 0.355 e. The summed E-state index contributed by atoms with van der Waals surface area (Å²) in [5.41, 5.74) is 3.80. The van der Waals surface area contributed by atoms with Gasteiger partial charge in [-0.05, 0) is 56.0 Å². The highest BCUT2D eigenvalue weighted by Crippen LogP contribution is 2.29. The predicted octanol–water partition coefficient (Wildman–Crippen LogP) is 7.36. The van der Waals surface area contributed by atoms with Crippen LogP contribution in [0.2, 0.25) is 0 Å². The van der Waals surface area contributed by atoms with Crippen LogP contribution in [0, 0.1) is 13.8 Å². The van der Waals surface area contributed by atoms with Gasteiger partial charge in [0.05, 0.1) is 11.4 Å². The third-order valence-electron chi connectivity index (χ3n) is 9.44. The van der Waals surface area contributed by atoms with E-state index in [0.29, 0.717) is 33.8 Å². The zero-order chi connectivity index (χ0) is 39.4. The number of Topliss-reactive ketones (excluding diaryl/α,β-unsaturated/α-hetero) is 6. The SMILES string of the molecule is CC(=O)c1c(Cc2cc(C(=O)OCc3ccccc3)[nH]c2Cc2[nH]c(C(=O)C(=O)c3ccccc3)c(C)c2C(C)=O)[nH]c(C(=O)C(=O)c2ccccc2)c1C. The van der Waals surface area contributed by atoms with Crippen LogP contribution < -0.4 is 0 Å². The molecule has 6 rings (SSSR count). The average Bonchev–Trinajstić information content (AvgIpc) is 3.85. The minimum Gasteiger partial charge on any atom is -0.456 e. The number of ketones is 6. The zero-order valence-electron chi connectivity index (χ0n) is 30.6. The molecule has 0 saturated heterocycles. The molecule has 0 radical (unpaired) electrons. The van der Waals surface area contributed by atoms with Crippen molar-refractivity contribution in [2.45, 2.75) is 47.1 Å². The minimum absolute atomic E-state index is 0.000194. The molecule has 0 fully saturated rings. The highest BCUT2D eigenvalue weighted by atomic mass is 16.5. The Hall–Kier alpha value is -7.01. The maximum absolute atomic E-state index is 13.5. The number of carbonyl (C=O) groups excluding carboxylic acids is 7. The van der Waals surface area contributed by atoms with Crippen molar-refractivity contribution in [3.63, 3.8) is 0 Å². The Morgan fingerprint density at radius 3 is 1.42 bits per heavy atom. The van der Waals surface area contributed by atoms with E-state index in [1.165, 1.54) is 38.1 Å². The highest BCUT2D eigenvalue weighted by Gasteiger charge is 2.30. The monoisotopic (exact) mass is 735 g/mol. The van der Waals surface area contributed by atoms with Crippen LogP contribution in [-0.2, 0) is 24.2 Å². The van der Waals surface area contributed by atoms with E-state index in [-0.39, 0.29) is 70.4 Å². The molecule has 0 aliphatic heterocycles. The number of nitrogens with one attached hydrogen (secondary N) is 3. The Bertz CT molecular complexity index is 2340. The molecule has 0 saturated carbocycles. The fraction of sp³-hybridized carbons (Fsp3) is 0.159. The number of carbonyl (C=O) groups is 7. The number of esters is 1. The summed E-state index contributed by atoms with van der Waals surface area (Å²) in [6.45, 7) is 5.88. The fourth-order valence-electron chi connectivity index (χ4n) is 6.79. The van der Waals surface area contributed by atoms with E-state index >= 15 is 0 Å². The second kappa shape index (κ2) is 15.9. The molecule has 11 nitrogen and oxygen atoms in total. The molecule has 0 spiro atoms. The number of hydrogen-bond donors (Lipinski definition) is 3. The third kappa shape index (κ3) is 7.86. The average molecular weight is 736 g/mol. The lowest BCUT2D eigenvalue weighted by molar-refractivity contribution is 0.0465. The molecule has 0 amide bonds. The van der Waals surface area contributed by atoms with Gasteiger partial charge in [-0.2, -0.15) is 0 Å². The zero-order valence-corrected chi connectivity index (χ0v) is 30.6. The van der Waals surface area contributed by atoms with Crippen molar-refractivity contribution in [2.24, 2.45) is 0 Å². The van der Waals surface area contributed by atoms with Gasteiger partial charge in [0.15, 0.2) is 11.6 Å². The van der Waals surface area contributed by atoms with E-state index < -0.39 is 29.1 Å². The minimum atomic E-state index is -0.815. The lowest BCUT2D eigenvalue weighted by Gasteiger charge is -2.07. The van der Waals surface area contributed by atoms with Crippen LogP contribution in [0.5, 0.6) is 0 Å². The van der Waals surface area contributed by atoms with Crippen molar-refractivity contribution in [3.8, 4) is 0 Å². The van der Waals surface area contributed by atoms with Gasteiger partial charge in [-0.15, -0.1) is 0 Å². The largest absolute Gasteiger partial charge is 0.456 e. The van der Waals surface area contributed by atoms with Crippen molar-refractivity contribution >= 4 is 40.7 Å². The molecule has 6 aromatic rings. The number of benzene rings is 3. The van der Waals surface area contributed by atoms with Gasteiger partial charge in [0.25, 0.3) is 0 Å². The maximum Gasteiger partial charge on any atom is 0.355 e. The molecular weight excluding hydrogens is 698 g/mol. The number of hydrogen-bond acceptors (Lipinski definition) is 8. The number of aromatic nitrogens is 3. The van der Waals surface area contributed by atoms with E-state index in [9.17, 15) is 33.6 Å². The van der Waals surface area contributed by atoms with Crippen LogP contribution in [0.1, 0.15) is 126 Å². The number of ether oxygens (including phenoxy) is 1. The maximum atomic E-state index is 13.5. The standard InChI is InChI=1S/C44H37N3O8/c1-24-36(26(3)48)33(46-38(24)42(52)40(50)29-16-10-6-11-17-29)20-31-21-35(44(54)55-23-28-14-8-5-9-15-28)45-32(31)22-34-37(27(4)49)25(2)39(47-34)43(53)41(51)30-18-12-7-13-19-30/h5-19,21,45-47H,20,22-23H2,1-4H3. The molecule has 0 aliphatic rings. The van der Waals surface area contributed by atoms with Crippen molar-refractivity contribution in [2.75, 3.05) is 0 Å². The first kappa shape index (κ1) is 37.7. The summed E-state index contributed by atoms with van der Waals surface area (Å²) < 4.78 is 5.59. The van der Waals surface area contributed by atoms with Crippen LogP contribution in [0.4, 0.5) is 0 Å². The van der Waals surface area contributed by atoms with E-state index in [1.807, 2.05) is 30.3 Å². The van der Waals surface area contributed by atoms with Crippen LogP contribution in [-0.4, -0.2) is 55.6 Å². The molecule has 3 N–H and O–H groups in total. The number of aromatic amines is 3. The summed E-state index contributed by atoms with van der Waals surface area (Å²) in [5.74, 6) is -4.49. The lowest BCUT2D eigenvalue weighted by Crippen LogP contribution is -2.16. The van der Waals surface area contributed by atoms with Crippen molar-refractivity contribution in [3.05, 3.63) is 176 Å².